The highest BCUT2D eigenvalue weighted by Crippen LogP contribution is 2.17. The predicted molar refractivity (Wildman–Crippen MR) is 67.5 cm³/mol. The molecule has 1 aromatic rings. The van der Waals surface area contributed by atoms with Crippen LogP contribution in [0.4, 0.5) is 0 Å². The molecule has 86 valence electrons. The first-order valence-corrected chi connectivity index (χ1v) is 6.06. The lowest BCUT2D eigenvalue weighted by Gasteiger charge is -2.12. The van der Waals surface area contributed by atoms with Crippen LogP contribution in [0.3, 0.4) is 0 Å². The van der Waals surface area contributed by atoms with Gasteiger partial charge in [0.25, 0.3) is 0 Å². The summed E-state index contributed by atoms with van der Waals surface area (Å²) in [6.07, 6.45) is 0. The second-order valence-electron chi connectivity index (χ2n) is 4.15. The standard InChI is InChI=1S/C13H15BrO2/c1-8(2)12(15)9(3)13(16)10-5-4-6-11(14)7-10/h4-9H,1-3H3. The molecule has 1 aromatic carbocycles. The molecule has 0 radical (unpaired) electrons. The molecule has 0 aliphatic carbocycles. The Bertz CT molecular complexity index is 410. The van der Waals surface area contributed by atoms with Gasteiger partial charge in [0.05, 0.1) is 5.92 Å². The van der Waals surface area contributed by atoms with Crippen molar-refractivity contribution in [3.63, 3.8) is 0 Å². The molecule has 0 bridgehead atoms. The number of ketones is 2. The van der Waals surface area contributed by atoms with Crippen LogP contribution in [-0.4, -0.2) is 11.6 Å². The Hall–Kier alpha value is -0.960. The Labute approximate surface area is 104 Å². The van der Waals surface area contributed by atoms with Crippen molar-refractivity contribution in [2.75, 3.05) is 0 Å². The van der Waals surface area contributed by atoms with E-state index in [9.17, 15) is 9.59 Å². The first kappa shape index (κ1) is 13.1. The molecule has 0 heterocycles. The highest BCUT2D eigenvalue weighted by atomic mass is 79.9. The van der Waals surface area contributed by atoms with Crippen molar-refractivity contribution in [1.29, 1.82) is 0 Å². The van der Waals surface area contributed by atoms with E-state index in [0.717, 1.165) is 4.47 Å². The predicted octanol–water partition coefficient (Wildman–Crippen LogP) is 3.49. The van der Waals surface area contributed by atoms with Crippen LogP contribution in [0.1, 0.15) is 31.1 Å². The van der Waals surface area contributed by atoms with Gasteiger partial charge in [-0.1, -0.05) is 41.9 Å². The molecule has 3 heteroatoms. The SMILES string of the molecule is CC(C)C(=O)C(C)C(=O)c1cccc(Br)c1. The molecular weight excluding hydrogens is 268 g/mol. The lowest BCUT2D eigenvalue weighted by Crippen LogP contribution is -2.25. The molecule has 0 spiro atoms. The van der Waals surface area contributed by atoms with Gasteiger partial charge in [-0.3, -0.25) is 9.59 Å². The molecule has 1 rings (SSSR count). The van der Waals surface area contributed by atoms with Crippen LogP contribution in [0, 0.1) is 11.8 Å². The smallest absolute Gasteiger partial charge is 0.173 e. The van der Waals surface area contributed by atoms with E-state index in [2.05, 4.69) is 15.9 Å². The fraction of sp³-hybridized carbons (Fsp3) is 0.385. The second-order valence-corrected chi connectivity index (χ2v) is 5.07. The zero-order chi connectivity index (χ0) is 12.3. The highest BCUT2D eigenvalue weighted by Gasteiger charge is 2.24. The summed E-state index contributed by atoms with van der Waals surface area (Å²) in [5.41, 5.74) is 0.580. The van der Waals surface area contributed by atoms with Gasteiger partial charge in [-0.15, -0.1) is 0 Å². The maximum Gasteiger partial charge on any atom is 0.173 e. The van der Waals surface area contributed by atoms with Crippen LogP contribution in [-0.2, 0) is 4.79 Å². The van der Waals surface area contributed by atoms with Crippen molar-refractivity contribution >= 4 is 27.5 Å². The molecule has 2 nitrogen and oxygen atoms in total. The minimum atomic E-state index is -0.561. The summed E-state index contributed by atoms with van der Waals surface area (Å²) in [7, 11) is 0. The van der Waals surface area contributed by atoms with E-state index in [-0.39, 0.29) is 17.5 Å². The number of benzene rings is 1. The van der Waals surface area contributed by atoms with Crippen LogP contribution < -0.4 is 0 Å². The quantitative estimate of drug-likeness (QED) is 0.626. The van der Waals surface area contributed by atoms with E-state index in [1.165, 1.54) is 0 Å². The molecule has 0 saturated heterocycles. The van der Waals surface area contributed by atoms with Gasteiger partial charge in [0, 0.05) is 16.0 Å². The summed E-state index contributed by atoms with van der Waals surface area (Å²) in [6, 6.07) is 7.12. The van der Waals surface area contributed by atoms with Crippen LogP contribution in [0.2, 0.25) is 0 Å². The van der Waals surface area contributed by atoms with Gasteiger partial charge in [-0.2, -0.15) is 0 Å². The van der Waals surface area contributed by atoms with Crippen molar-refractivity contribution in [2.45, 2.75) is 20.8 Å². The number of hydrogen-bond donors (Lipinski definition) is 0. The summed E-state index contributed by atoms with van der Waals surface area (Å²) < 4.78 is 0.850. The molecule has 0 amide bonds. The number of hydrogen-bond acceptors (Lipinski definition) is 2. The van der Waals surface area contributed by atoms with Gasteiger partial charge in [0.15, 0.2) is 5.78 Å². The van der Waals surface area contributed by atoms with E-state index < -0.39 is 5.92 Å². The molecule has 0 N–H and O–H groups in total. The fourth-order valence-electron chi connectivity index (χ4n) is 1.52. The lowest BCUT2D eigenvalue weighted by atomic mass is 9.90. The van der Waals surface area contributed by atoms with Crippen LogP contribution in [0.15, 0.2) is 28.7 Å². The number of carbonyl (C=O) groups is 2. The van der Waals surface area contributed by atoms with E-state index >= 15 is 0 Å². The van der Waals surface area contributed by atoms with Crippen molar-refractivity contribution in [1.82, 2.24) is 0 Å². The molecule has 0 fully saturated rings. The van der Waals surface area contributed by atoms with E-state index in [0.29, 0.717) is 5.56 Å². The first-order chi connectivity index (χ1) is 7.43. The maximum absolute atomic E-state index is 12.0. The summed E-state index contributed by atoms with van der Waals surface area (Å²) in [5, 5.41) is 0. The summed E-state index contributed by atoms with van der Waals surface area (Å²) >= 11 is 3.31. The lowest BCUT2D eigenvalue weighted by molar-refractivity contribution is -0.123. The number of halogens is 1. The van der Waals surface area contributed by atoms with Crippen molar-refractivity contribution in [3.05, 3.63) is 34.3 Å². The van der Waals surface area contributed by atoms with E-state index in [4.69, 9.17) is 0 Å². The van der Waals surface area contributed by atoms with Gasteiger partial charge in [0.2, 0.25) is 0 Å². The van der Waals surface area contributed by atoms with Crippen molar-refractivity contribution in [3.8, 4) is 0 Å². The Kier molecular flexibility index (Phi) is 4.42. The monoisotopic (exact) mass is 282 g/mol. The number of carbonyl (C=O) groups excluding carboxylic acids is 2. The molecule has 0 aliphatic rings. The average molecular weight is 283 g/mol. The summed E-state index contributed by atoms with van der Waals surface area (Å²) in [5.74, 6) is -0.787. The molecule has 0 aliphatic heterocycles. The maximum atomic E-state index is 12.0. The zero-order valence-corrected chi connectivity index (χ0v) is 11.2. The molecule has 0 aromatic heterocycles. The first-order valence-electron chi connectivity index (χ1n) is 5.27. The molecule has 0 saturated carbocycles. The molecule has 1 atom stereocenters. The minimum absolute atomic E-state index is 0.00928. The average Bonchev–Trinajstić information content (AvgIpc) is 2.26. The van der Waals surface area contributed by atoms with Gasteiger partial charge in [-0.05, 0) is 19.1 Å². The molecule has 16 heavy (non-hydrogen) atoms. The largest absolute Gasteiger partial charge is 0.299 e. The highest BCUT2D eigenvalue weighted by molar-refractivity contribution is 9.10. The van der Waals surface area contributed by atoms with Crippen molar-refractivity contribution < 1.29 is 9.59 Å². The minimum Gasteiger partial charge on any atom is -0.299 e. The Morgan fingerprint density at radius 3 is 2.31 bits per heavy atom. The van der Waals surface area contributed by atoms with Crippen LogP contribution >= 0.6 is 15.9 Å². The number of Topliss-reactive ketones (excluding diaryl/α,β-unsaturated/α-hetero) is 2. The van der Waals surface area contributed by atoms with Crippen molar-refractivity contribution in [2.24, 2.45) is 11.8 Å². The Balaban J connectivity index is 2.90. The third-order valence-electron chi connectivity index (χ3n) is 2.50. The molecular formula is C13H15BrO2. The molecule has 1 unspecified atom stereocenters. The Morgan fingerprint density at radius 2 is 1.81 bits per heavy atom. The topological polar surface area (TPSA) is 34.1 Å². The van der Waals surface area contributed by atoms with Gasteiger partial charge >= 0.3 is 0 Å². The van der Waals surface area contributed by atoms with Crippen LogP contribution in [0.25, 0.3) is 0 Å². The normalized spacial score (nSPS) is 12.6. The van der Waals surface area contributed by atoms with Gasteiger partial charge in [-0.25, -0.2) is 0 Å². The van der Waals surface area contributed by atoms with Gasteiger partial charge in [0.1, 0.15) is 5.78 Å². The Morgan fingerprint density at radius 1 is 1.19 bits per heavy atom. The summed E-state index contributed by atoms with van der Waals surface area (Å²) in [4.78, 5) is 23.7. The third kappa shape index (κ3) is 3.01. The third-order valence-corrected chi connectivity index (χ3v) is 2.99. The van der Waals surface area contributed by atoms with E-state index in [1.807, 2.05) is 19.9 Å². The second kappa shape index (κ2) is 5.39. The van der Waals surface area contributed by atoms with Crippen LogP contribution in [0.5, 0.6) is 0 Å². The zero-order valence-electron chi connectivity index (χ0n) is 9.66. The number of rotatable bonds is 4. The summed E-state index contributed by atoms with van der Waals surface area (Å²) in [6.45, 7) is 5.30. The fourth-order valence-corrected chi connectivity index (χ4v) is 1.92. The van der Waals surface area contributed by atoms with Gasteiger partial charge < -0.3 is 0 Å². The van der Waals surface area contributed by atoms with E-state index in [1.54, 1.807) is 25.1 Å².